The molecule has 0 bridgehead atoms. The van der Waals surface area contributed by atoms with Gasteiger partial charge in [-0.25, -0.2) is 4.79 Å². The van der Waals surface area contributed by atoms with E-state index in [-0.39, 0.29) is 18.9 Å². The Labute approximate surface area is 151 Å². The summed E-state index contributed by atoms with van der Waals surface area (Å²) in [5.41, 5.74) is 2.01. The largest absolute Gasteiger partial charge is 0.497 e. The van der Waals surface area contributed by atoms with Crippen LogP contribution in [0, 0.1) is 11.3 Å². The van der Waals surface area contributed by atoms with Gasteiger partial charge in [-0.05, 0) is 36.8 Å². The standard InChI is InChI=1S/C19H19N3O4/c1-4-26-19(24)18-15(23)9-16-21(2)17(13(10-20)11-22(16)18)12-5-7-14(25-3)8-6-12/h5-9,18H,4,11H2,1-3H3. The molecular weight excluding hydrogens is 334 g/mol. The minimum Gasteiger partial charge on any atom is -0.497 e. The quantitative estimate of drug-likeness (QED) is 0.600. The van der Waals surface area contributed by atoms with Gasteiger partial charge in [-0.3, -0.25) is 4.79 Å². The average molecular weight is 353 g/mol. The van der Waals surface area contributed by atoms with Crippen molar-refractivity contribution in [1.29, 1.82) is 5.26 Å². The van der Waals surface area contributed by atoms with Crippen LogP contribution in [0.25, 0.3) is 5.70 Å². The maximum Gasteiger partial charge on any atom is 0.337 e. The van der Waals surface area contributed by atoms with Gasteiger partial charge in [0, 0.05) is 13.1 Å². The summed E-state index contributed by atoms with van der Waals surface area (Å²) in [5, 5.41) is 9.65. The van der Waals surface area contributed by atoms with Crippen molar-refractivity contribution in [2.45, 2.75) is 13.0 Å². The van der Waals surface area contributed by atoms with Gasteiger partial charge >= 0.3 is 5.97 Å². The molecule has 1 aromatic carbocycles. The maximum atomic E-state index is 12.4. The number of ketones is 1. The molecule has 0 radical (unpaired) electrons. The van der Waals surface area contributed by atoms with Crippen LogP contribution in [0.3, 0.4) is 0 Å². The third kappa shape index (κ3) is 2.80. The van der Waals surface area contributed by atoms with Gasteiger partial charge in [-0.15, -0.1) is 0 Å². The van der Waals surface area contributed by atoms with Crippen molar-refractivity contribution in [2.24, 2.45) is 0 Å². The van der Waals surface area contributed by atoms with Crippen LogP contribution in [0.5, 0.6) is 5.75 Å². The number of hydrogen-bond acceptors (Lipinski definition) is 7. The van der Waals surface area contributed by atoms with E-state index in [0.717, 1.165) is 5.56 Å². The summed E-state index contributed by atoms with van der Waals surface area (Å²) in [5.74, 6) is 0.365. The molecule has 1 aromatic rings. The van der Waals surface area contributed by atoms with Gasteiger partial charge in [0.2, 0.25) is 0 Å². The number of nitrogens with zero attached hydrogens (tertiary/aromatic N) is 3. The van der Waals surface area contributed by atoms with Gasteiger partial charge in [0.1, 0.15) is 11.6 Å². The highest BCUT2D eigenvalue weighted by molar-refractivity contribution is 6.11. The molecule has 0 fully saturated rings. The van der Waals surface area contributed by atoms with Crippen LogP contribution in [0.4, 0.5) is 0 Å². The fraction of sp³-hybridized carbons (Fsp3) is 0.316. The third-order valence-electron chi connectivity index (χ3n) is 4.45. The molecule has 1 unspecified atom stereocenters. The van der Waals surface area contributed by atoms with E-state index in [1.165, 1.54) is 6.08 Å². The molecule has 0 amide bonds. The van der Waals surface area contributed by atoms with Crippen molar-refractivity contribution >= 4 is 17.4 Å². The first kappa shape index (κ1) is 17.5. The van der Waals surface area contributed by atoms with Crippen LogP contribution < -0.4 is 4.74 Å². The van der Waals surface area contributed by atoms with Crippen molar-refractivity contribution in [2.75, 3.05) is 27.3 Å². The van der Waals surface area contributed by atoms with Crippen LogP contribution >= 0.6 is 0 Å². The normalized spacial score (nSPS) is 19.1. The number of benzene rings is 1. The van der Waals surface area contributed by atoms with Crippen molar-refractivity contribution in [3.63, 3.8) is 0 Å². The Morgan fingerprint density at radius 1 is 1.35 bits per heavy atom. The summed E-state index contributed by atoms with van der Waals surface area (Å²) in [4.78, 5) is 27.9. The van der Waals surface area contributed by atoms with E-state index in [2.05, 4.69) is 6.07 Å². The number of esters is 1. The predicted molar refractivity (Wildman–Crippen MR) is 93.5 cm³/mol. The van der Waals surface area contributed by atoms with Crippen LogP contribution in [-0.2, 0) is 14.3 Å². The fourth-order valence-corrected chi connectivity index (χ4v) is 3.27. The molecule has 2 aliphatic rings. The number of nitriles is 1. The number of hydrogen-bond donors (Lipinski definition) is 0. The molecule has 3 rings (SSSR count). The highest BCUT2D eigenvalue weighted by atomic mass is 16.5. The topological polar surface area (TPSA) is 82.9 Å². The highest BCUT2D eigenvalue weighted by Crippen LogP contribution is 2.36. The highest BCUT2D eigenvalue weighted by Gasteiger charge is 2.44. The number of carbonyl (C=O) groups is 2. The molecule has 0 saturated heterocycles. The number of fused-ring (bicyclic) bond motifs is 1. The van der Waals surface area contributed by atoms with E-state index in [1.54, 1.807) is 30.9 Å². The predicted octanol–water partition coefficient (Wildman–Crippen LogP) is 1.53. The SMILES string of the molecule is CCOC(=O)C1C(=O)C=C2N(C)C(c3ccc(OC)cc3)=C(C#N)CN21. The van der Waals surface area contributed by atoms with E-state index < -0.39 is 12.0 Å². The van der Waals surface area contributed by atoms with Crippen LogP contribution in [-0.4, -0.2) is 54.9 Å². The molecule has 0 saturated carbocycles. The number of rotatable bonds is 4. The molecule has 134 valence electrons. The second-order valence-corrected chi connectivity index (χ2v) is 5.91. The Morgan fingerprint density at radius 3 is 2.62 bits per heavy atom. The first-order valence-electron chi connectivity index (χ1n) is 8.22. The zero-order valence-corrected chi connectivity index (χ0v) is 14.9. The van der Waals surface area contributed by atoms with Crippen molar-refractivity contribution < 1.29 is 19.1 Å². The van der Waals surface area contributed by atoms with Crippen molar-refractivity contribution in [1.82, 2.24) is 9.80 Å². The Balaban J connectivity index is 2.01. The fourth-order valence-electron chi connectivity index (χ4n) is 3.27. The van der Waals surface area contributed by atoms with Gasteiger partial charge in [0.25, 0.3) is 0 Å². The smallest absolute Gasteiger partial charge is 0.337 e. The van der Waals surface area contributed by atoms with Crippen molar-refractivity contribution in [3.8, 4) is 11.8 Å². The van der Waals surface area contributed by atoms with Gasteiger partial charge in [0.05, 0.1) is 37.6 Å². The summed E-state index contributed by atoms with van der Waals surface area (Å²) in [7, 11) is 3.36. The minimum absolute atomic E-state index is 0.170. The Hall–Kier alpha value is -3.27. The number of carbonyl (C=O) groups excluding carboxylic acids is 2. The van der Waals surface area contributed by atoms with E-state index in [9.17, 15) is 14.9 Å². The summed E-state index contributed by atoms with van der Waals surface area (Å²) < 4.78 is 10.2. The molecule has 0 N–H and O–H groups in total. The lowest BCUT2D eigenvalue weighted by Crippen LogP contribution is -2.47. The molecule has 26 heavy (non-hydrogen) atoms. The van der Waals surface area contributed by atoms with E-state index in [0.29, 0.717) is 22.8 Å². The van der Waals surface area contributed by atoms with Crippen LogP contribution in [0.2, 0.25) is 0 Å². The minimum atomic E-state index is -1.03. The summed E-state index contributed by atoms with van der Waals surface area (Å²) in [6, 6.07) is 8.51. The van der Waals surface area contributed by atoms with Crippen LogP contribution in [0.15, 0.2) is 41.7 Å². The second kappa shape index (κ2) is 6.92. The Kier molecular flexibility index (Phi) is 4.67. The van der Waals surface area contributed by atoms with Crippen LogP contribution in [0.1, 0.15) is 12.5 Å². The molecule has 0 spiro atoms. The molecular formula is C19H19N3O4. The van der Waals surface area contributed by atoms with E-state index in [1.807, 2.05) is 24.3 Å². The first-order valence-corrected chi connectivity index (χ1v) is 8.22. The van der Waals surface area contributed by atoms with Gasteiger partial charge in [-0.1, -0.05) is 0 Å². The second-order valence-electron chi connectivity index (χ2n) is 5.91. The molecule has 7 nitrogen and oxygen atoms in total. The maximum absolute atomic E-state index is 12.4. The lowest BCUT2D eigenvalue weighted by atomic mass is 10.0. The lowest BCUT2D eigenvalue weighted by molar-refractivity contribution is -0.150. The third-order valence-corrected chi connectivity index (χ3v) is 4.45. The Morgan fingerprint density at radius 2 is 2.04 bits per heavy atom. The van der Waals surface area contributed by atoms with Crippen molar-refractivity contribution in [3.05, 3.63) is 47.3 Å². The summed E-state index contributed by atoms with van der Waals surface area (Å²) >= 11 is 0. The molecule has 7 heteroatoms. The summed E-state index contributed by atoms with van der Waals surface area (Å²) in [6.07, 6.45) is 1.43. The Bertz CT molecular complexity index is 849. The number of ether oxygens (including phenoxy) is 2. The van der Waals surface area contributed by atoms with E-state index >= 15 is 0 Å². The van der Waals surface area contributed by atoms with E-state index in [4.69, 9.17) is 9.47 Å². The summed E-state index contributed by atoms with van der Waals surface area (Å²) in [6.45, 7) is 2.05. The zero-order valence-electron chi connectivity index (χ0n) is 14.9. The molecule has 1 atom stereocenters. The molecule has 0 aliphatic carbocycles. The molecule has 2 heterocycles. The number of methoxy groups -OCH3 is 1. The van der Waals surface area contributed by atoms with Gasteiger partial charge in [0.15, 0.2) is 11.8 Å². The zero-order chi connectivity index (χ0) is 18.8. The lowest BCUT2D eigenvalue weighted by Gasteiger charge is -2.38. The van der Waals surface area contributed by atoms with Gasteiger partial charge < -0.3 is 19.3 Å². The molecule has 2 aliphatic heterocycles. The molecule has 0 aromatic heterocycles. The van der Waals surface area contributed by atoms with Gasteiger partial charge in [-0.2, -0.15) is 5.26 Å². The average Bonchev–Trinajstić information content (AvgIpc) is 2.98. The first-order chi connectivity index (χ1) is 12.5. The monoisotopic (exact) mass is 353 g/mol.